The van der Waals surface area contributed by atoms with Crippen LogP contribution in [0.5, 0.6) is 0 Å². The van der Waals surface area contributed by atoms with Crippen molar-refractivity contribution in [2.24, 2.45) is 10.7 Å². The summed E-state index contributed by atoms with van der Waals surface area (Å²) in [7, 11) is 0. The van der Waals surface area contributed by atoms with Crippen LogP contribution in [-0.2, 0) is 17.6 Å². The zero-order valence-corrected chi connectivity index (χ0v) is 11.5. The Morgan fingerprint density at radius 3 is 2.76 bits per heavy atom. The Hall–Kier alpha value is -1.34. The SMILES string of the molecule is Nc1ncnc2c1N=C[N+]2([S-])[C@]1(N)O[C@H](CO)[C@@H](O)[C@H]1O. The number of aliphatic hydroxyl groups excluding tert-OH is 3. The van der Waals surface area contributed by atoms with Crippen molar-refractivity contribution in [2.75, 3.05) is 12.3 Å². The fraction of sp³-hybridized carbons (Fsp3) is 0.500. The Kier molecular flexibility index (Phi) is 3.18. The zero-order chi connectivity index (χ0) is 15.4. The molecule has 0 bridgehead atoms. The van der Waals surface area contributed by atoms with Gasteiger partial charge < -0.3 is 38.6 Å². The smallest absolute Gasteiger partial charge is 0.285 e. The van der Waals surface area contributed by atoms with Gasteiger partial charge in [-0.15, -0.1) is 0 Å². The van der Waals surface area contributed by atoms with Gasteiger partial charge in [-0.3, -0.25) is 9.62 Å². The quantitative estimate of drug-likeness (QED) is 0.287. The van der Waals surface area contributed by atoms with E-state index >= 15 is 0 Å². The number of hydrogen-bond donors (Lipinski definition) is 5. The van der Waals surface area contributed by atoms with Crippen molar-refractivity contribution in [3.63, 3.8) is 0 Å². The van der Waals surface area contributed by atoms with Gasteiger partial charge in [0.25, 0.3) is 11.7 Å². The van der Waals surface area contributed by atoms with E-state index in [1.54, 1.807) is 0 Å². The maximum absolute atomic E-state index is 10.2. The second-order valence-corrected chi connectivity index (χ2v) is 5.44. The summed E-state index contributed by atoms with van der Waals surface area (Å²) in [5.74, 6) is -1.68. The molecule has 3 heterocycles. The number of aromatic nitrogens is 2. The lowest BCUT2D eigenvalue weighted by Crippen LogP contribution is -2.72. The minimum atomic E-state index is -1.95. The maximum Gasteiger partial charge on any atom is 0.285 e. The topological polar surface area (TPSA) is 160 Å². The van der Waals surface area contributed by atoms with Crippen molar-refractivity contribution >= 4 is 36.5 Å². The molecule has 0 aromatic carbocycles. The highest BCUT2D eigenvalue weighted by atomic mass is 32.1. The highest BCUT2D eigenvalue weighted by Gasteiger charge is 2.62. The Balaban J connectivity index is 2.10. The molecule has 0 aliphatic carbocycles. The largest absolute Gasteiger partial charge is 0.475 e. The Morgan fingerprint density at radius 1 is 1.43 bits per heavy atom. The molecule has 2 aliphatic heterocycles. The summed E-state index contributed by atoms with van der Waals surface area (Å²) >= 11 is 5.43. The van der Waals surface area contributed by atoms with Gasteiger partial charge in [0, 0.05) is 0 Å². The highest BCUT2D eigenvalue weighted by Crippen LogP contribution is 2.45. The Bertz CT molecular complexity index is 617. The molecule has 10 nitrogen and oxygen atoms in total. The van der Waals surface area contributed by atoms with Crippen LogP contribution in [0.1, 0.15) is 0 Å². The molecule has 7 N–H and O–H groups in total. The number of nitrogen functional groups attached to an aromatic ring is 1. The first-order chi connectivity index (χ1) is 9.85. The summed E-state index contributed by atoms with van der Waals surface area (Å²) in [4.78, 5) is 11.8. The molecule has 0 radical (unpaired) electrons. The standard InChI is InChI=1S/C10H14N6O4S/c11-8-5-9(14-2-13-8)16(21,3-15-5)10(12)7(19)6(18)4(1-17)20-10/h2-4,6-7,17-19H,1,12H2,(H2,11,13,14)/t4-,6-,7-,10+,16?/m1/s1. The number of ether oxygens (including phenoxy) is 1. The molecular formula is C10H14N6O4S. The van der Waals surface area contributed by atoms with Gasteiger partial charge in [0.2, 0.25) is 0 Å². The molecule has 0 saturated carbocycles. The van der Waals surface area contributed by atoms with E-state index in [4.69, 9.17) is 29.0 Å². The first-order valence-electron chi connectivity index (χ1n) is 6.05. The van der Waals surface area contributed by atoms with Gasteiger partial charge in [-0.1, -0.05) is 0 Å². The molecule has 5 atom stereocenters. The van der Waals surface area contributed by atoms with Crippen molar-refractivity contribution < 1.29 is 20.1 Å². The summed E-state index contributed by atoms with van der Waals surface area (Å²) in [5.41, 5.74) is 12.0. The first kappa shape index (κ1) is 14.6. The lowest BCUT2D eigenvalue weighted by molar-refractivity contribution is -0.126. The van der Waals surface area contributed by atoms with E-state index in [-0.39, 0.29) is 17.3 Å². The van der Waals surface area contributed by atoms with Crippen LogP contribution in [0.15, 0.2) is 11.3 Å². The van der Waals surface area contributed by atoms with Crippen molar-refractivity contribution in [1.82, 2.24) is 13.9 Å². The molecule has 1 aromatic rings. The average molecular weight is 314 g/mol. The fourth-order valence-electron chi connectivity index (χ4n) is 2.45. The van der Waals surface area contributed by atoms with Crippen molar-refractivity contribution in [1.29, 1.82) is 0 Å². The summed E-state index contributed by atoms with van der Waals surface area (Å²) in [5, 5.41) is 29.3. The molecule has 2 aliphatic rings. The normalized spacial score (nSPS) is 41.5. The van der Waals surface area contributed by atoms with Gasteiger partial charge in [-0.2, -0.15) is 9.98 Å². The summed E-state index contributed by atoms with van der Waals surface area (Å²) in [6, 6.07) is 0. The molecule has 11 heteroatoms. The van der Waals surface area contributed by atoms with Gasteiger partial charge in [-0.05, 0) is 0 Å². The van der Waals surface area contributed by atoms with Crippen LogP contribution in [-0.4, -0.2) is 62.4 Å². The highest BCUT2D eigenvalue weighted by molar-refractivity contribution is 7.59. The second-order valence-electron chi connectivity index (χ2n) is 4.86. The number of rotatable bonds is 2. The minimum absolute atomic E-state index is 0.108. The molecule has 1 unspecified atom stereocenters. The van der Waals surface area contributed by atoms with Gasteiger partial charge in [0.1, 0.15) is 18.5 Å². The Morgan fingerprint density at radius 2 is 2.14 bits per heavy atom. The summed E-state index contributed by atoms with van der Waals surface area (Å²) in [6.45, 7) is -0.525. The summed E-state index contributed by atoms with van der Waals surface area (Å²) < 4.78 is 4.66. The first-order valence-corrected chi connectivity index (χ1v) is 6.41. The number of aliphatic hydroxyl groups is 3. The van der Waals surface area contributed by atoms with E-state index in [0.29, 0.717) is 0 Å². The number of anilines is 1. The van der Waals surface area contributed by atoms with E-state index in [0.717, 1.165) is 0 Å². The third-order valence-corrected chi connectivity index (χ3v) is 4.22. The average Bonchev–Trinajstić information content (AvgIpc) is 2.93. The van der Waals surface area contributed by atoms with E-state index in [1.165, 1.54) is 12.7 Å². The molecule has 1 aromatic heterocycles. The Labute approximate surface area is 124 Å². The minimum Gasteiger partial charge on any atom is -0.475 e. The van der Waals surface area contributed by atoms with Crippen molar-refractivity contribution in [3.8, 4) is 0 Å². The molecule has 1 fully saturated rings. The van der Waals surface area contributed by atoms with Gasteiger partial charge in [-0.25, -0.2) is 4.98 Å². The molecule has 3 rings (SSSR count). The second kappa shape index (κ2) is 4.58. The predicted octanol–water partition coefficient (Wildman–Crippen LogP) is -2.77. The molecule has 0 amide bonds. The predicted molar refractivity (Wildman–Crippen MR) is 74.6 cm³/mol. The van der Waals surface area contributed by atoms with E-state index in [2.05, 4.69) is 15.0 Å². The van der Waals surface area contributed by atoms with Crippen LogP contribution in [0, 0.1) is 0 Å². The van der Waals surface area contributed by atoms with Crippen molar-refractivity contribution in [3.05, 3.63) is 6.33 Å². The summed E-state index contributed by atoms with van der Waals surface area (Å²) in [6.07, 6.45) is -1.61. The third kappa shape index (κ3) is 1.73. The van der Waals surface area contributed by atoms with E-state index in [1.807, 2.05) is 0 Å². The maximum atomic E-state index is 10.2. The van der Waals surface area contributed by atoms with E-state index < -0.39 is 34.7 Å². The number of quaternary nitrogens is 1. The van der Waals surface area contributed by atoms with Crippen LogP contribution < -0.4 is 15.4 Å². The van der Waals surface area contributed by atoms with Crippen LogP contribution in [0.4, 0.5) is 17.3 Å². The molecule has 21 heavy (non-hydrogen) atoms. The number of aliphatic imine (C=N–C) groups is 1. The molecule has 1 saturated heterocycles. The molecule has 0 spiro atoms. The van der Waals surface area contributed by atoms with Gasteiger partial charge in [0.05, 0.1) is 6.61 Å². The van der Waals surface area contributed by atoms with Crippen molar-refractivity contribution in [2.45, 2.75) is 24.2 Å². The lowest BCUT2D eigenvalue weighted by atomic mass is 10.1. The number of fused-ring (bicyclic) bond motifs is 1. The fourth-order valence-corrected chi connectivity index (χ4v) is 2.78. The van der Waals surface area contributed by atoms with E-state index in [9.17, 15) is 15.3 Å². The third-order valence-electron chi connectivity index (χ3n) is 3.66. The number of nitrogens with zero attached hydrogens (tertiary/aromatic N) is 4. The van der Waals surface area contributed by atoms with Crippen LogP contribution in [0.2, 0.25) is 0 Å². The van der Waals surface area contributed by atoms with Crippen LogP contribution >= 0.6 is 0 Å². The molecule has 114 valence electrons. The van der Waals surface area contributed by atoms with Crippen LogP contribution in [0.3, 0.4) is 0 Å². The number of hydrogen-bond acceptors (Lipinski definition) is 10. The molecular weight excluding hydrogens is 300 g/mol. The lowest BCUT2D eigenvalue weighted by Gasteiger charge is -2.47. The van der Waals surface area contributed by atoms with Gasteiger partial charge >= 0.3 is 0 Å². The van der Waals surface area contributed by atoms with Gasteiger partial charge in [0.15, 0.2) is 23.9 Å². The monoisotopic (exact) mass is 314 g/mol. The zero-order valence-electron chi connectivity index (χ0n) is 10.7. The van der Waals surface area contributed by atoms with Crippen LogP contribution in [0.25, 0.3) is 0 Å². The number of nitrogens with two attached hydrogens (primary N) is 2.